The molecule has 124 valence electrons. The van der Waals surface area contributed by atoms with Crippen molar-refractivity contribution in [2.75, 3.05) is 43.1 Å². The van der Waals surface area contributed by atoms with Crippen molar-refractivity contribution in [1.82, 2.24) is 4.98 Å². The molecule has 4 rings (SSSR count). The number of halogens is 1. The standard InChI is InChI=1S/C18H18FN3O2/c1-23-16-7-6-13(12-14(16)19)21-8-10-22(11-9-21)18-20-15-4-2-3-5-17(15)24-18/h2-7,12H,8-11H2,1H3. The molecule has 2 heterocycles. The van der Waals surface area contributed by atoms with E-state index in [2.05, 4.69) is 14.8 Å². The SMILES string of the molecule is COc1ccc(N2CCN(c3nc4ccccc4o3)CC2)cc1F. The van der Waals surface area contributed by atoms with Crippen molar-refractivity contribution in [2.24, 2.45) is 0 Å². The van der Waals surface area contributed by atoms with Crippen LogP contribution in [0.15, 0.2) is 46.9 Å². The molecule has 0 aliphatic carbocycles. The summed E-state index contributed by atoms with van der Waals surface area (Å²) in [7, 11) is 1.47. The van der Waals surface area contributed by atoms with E-state index in [1.807, 2.05) is 30.3 Å². The average molecular weight is 327 g/mol. The number of methoxy groups -OCH3 is 1. The molecular weight excluding hydrogens is 309 g/mol. The van der Waals surface area contributed by atoms with E-state index < -0.39 is 0 Å². The van der Waals surface area contributed by atoms with Crippen molar-refractivity contribution in [3.05, 3.63) is 48.3 Å². The Balaban J connectivity index is 1.47. The topological polar surface area (TPSA) is 41.7 Å². The zero-order valence-corrected chi connectivity index (χ0v) is 13.4. The van der Waals surface area contributed by atoms with E-state index in [4.69, 9.17) is 9.15 Å². The molecule has 0 saturated carbocycles. The summed E-state index contributed by atoms with van der Waals surface area (Å²) in [5.74, 6) is -0.0692. The molecule has 0 N–H and O–H groups in total. The Bertz CT molecular complexity index is 823. The zero-order valence-electron chi connectivity index (χ0n) is 13.4. The van der Waals surface area contributed by atoms with Crippen molar-refractivity contribution >= 4 is 22.8 Å². The van der Waals surface area contributed by atoms with E-state index in [0.717, 1.165) is 43.0 Å². The van der Waals surface area contributed by atoms with E-state index in [-0.39, 0.29) is 11.6 Å². The minimum absolute atomic E-state index is 0.267. The van der Waals surface area contributed by atoms with Gasteiger partial charge in [0.2, 0.25) is 0 Å². The number of hydrogen-bond donors (Lipinski definition) is 0. The maximum absolute atomic E-state index is 13.9. The van der Waals surface area contributed by atoms with Crippen LogP contribution in [0.4, 0.5) is 16.1 Å². The predicted octanol–water partition coefficient (Wildman–Crippen LogP) is 3.30. The number of rotatable bonds is 3. The Morgan fingerprint density at radius 3 is 2.50 bits per heavy atom. The number of hydrogen-bond acceptors (Lipinski definition) is 5. The number of anilines is 2. The highest BCUT2D eigenvalue weighted by Crippen LogP contribution is 2.26. The van der Waals surface area contributed by atoms with Gasteiger partial charge in [0.15, 0.2) is 17.1 Å². The van der Waals surface area contributed by atoms with Crippen molar-refractivity contribution in [2.45, 2.75) is 0 Å². The highest BCUT2D eigenvalue weighted by atomic mass is 19.1. The summed E-state index contributed by atoms with van der Waals surface area (Å²) < 4.78 is 24.7. The second kappa shape index (κ2) is 6.03. The lowest BCUT2D eigenvalue weighted by Crippen LogP contribution is -2.46. The number of fused-ring (bicyclic) bond motifs is 1. The number of benzene rings is 2. The minimum atomic E-state index is -0.337. The van der Waals surface area contributed by atoms with Crippen molar-refractivity contribution in [3.8, 4) is 5.75 Å². The quantitative estimate of drug-likeness (QED) is 0.738. The third-order valence-electron chi connectivity index (χ3n) is 4.33. The normalized spacial score (nSPS) is 15.1. The number of oxazole rings is 1. The van der Waals surface area contributed by atoms with Crippen LogP contribution in [0.25, 0.3) is 11.1 Å². The molecule has 0 bridgehead atoms. The molecule has 1 fully saturated rings. The van der Waals surface area contributed by atoms with Gasteiger partial charge in [0.25, 0.3) is 6.01 Å². The molecule has 1 aromatic heterocycles. The average Bonchev–Trinajstić information content (AvgIpc) is 3.06. The Hall–Kier alpha value is -2.76. The monoisotopic (exact) mass is 327 g/mol. The summed E-state index contributed by atoms with van der Waals surface area (Å²) in [6, 6.07) is 13.5. The molecule has 3 aromatic rings. The fraction of sp³-hybridized carbons (Fsp3) is 0.278. The highest BCUT2D eigenvalue weighted by molar-refractivity contribution is 5.74. The summed E-state index contributed by atoms with van der Waals surface area (Å²) >= 11 is 0. The van der Waals surface area contributed by atoms with Gasteiger partial charge in [-0.1, -0.05) is 12.1 Å². The fourth-order valence-corrected chi connectivity index (χ4v) is 3.00. The van der Waals surface area contributed by atoms with Crippen LogP contribution in [0.3, 0.4) is 0 Å². The Kier molecular flexibility index (Phi) is 3.72. The fourth-order valence-electron chi connectivity index (χ4n) is 3.00. The smallest absolute Gasteiger partial charge is 0.298 e. The molecule has 1 aliphatic rings. The van der Waals surface area contributed by atoms with Crippen LogP contribution in [0, 0.1) is 5.82 Å². The highest BCUT2D eigenvalue weighted by Gasteiger charge is 2.21. The molecule has 0 spiro atoms. The molecule has 6 heteroatoms. The first-order valence-corrected chi connectivity index (χ1v) is 7.93. The van der Waals surface area contributed by atoms with Crippen molar-refractivity contribution in [1.29, 1.82) is 0 Å². The van der Waals surface area contributed by atoms with Gasteiger partial charge in [0.1, 0.15) is 5.52 Å². The van der Waals surface area contributed by atoms with Gasteiger partial charge < -0.3 is 19.0 Å². The van der Waals surface area contributed by atoms with E-state index >= 15 is 0 Å². The van der Waals surface area contributed by atoms with Crippen LogP contribution in [0.5, 0.6) is 5.75 Å². The van der Waals surface area contributed by atoms with Crippen molar-refractivity contribution < 1.29 is 13.5 Å². The first-order valence-electron chi connectivity index (χ1n) is 7.93. The van der Waals surface area contributed by atoms with Gasteiger partial charge in [0.05, 0.1) is 7.11 Å². The summed E-state index contributed by atoms with van der Waals surface area (Å²) in [4.78, 5) is 8.81. The Morgan fingerprint density at radius 2 is 1.79 bits per heavy atom. The van der Waals surface area contributed by atoms with Gasteiger partial charge in [0, 0.05) is 37.9 Å². The molecule has 0 amide bonds. The van der Waals surface area contributed by atoms with Crippen LogP contribution >= 0.6 is 0 Å². The lowest BCUT2D eigenvalue weighted by molar-refractivity contribution is 0.386. The Morgan fingerprint density at radius 1 is 1.04 bits per heavy atom. The number of piperazine rings is 1. The van der Waals surface area contributed by atoms with E-state index in [1.165, 1.54) is 13.2 Å². The number of para-hydroxylation sites is 2. The molecule has 1 saturated heterocycles. The maximum atomic E-state index is 13.9. The van der Waals surface area contributed by atoms with Crippen LogP contribution in [0.1, 0.15) is 0 Å². The third kappa shape index (κ3) is 2.64. The van der Waals surface area contributed by atoms with E-state index in [1.54, 1.807) is 6.07 Å². The molecule has 0 atom stereocenters. The molecule has 2 aromatic carbocycles. The zero-order chi connectivity index (χ0) is 16.5. The minimum Gasteiger partial charge on any atom is -0.494 e. The second-order valence-electron chi connectivity index (χ2n) is 5.76. The maximum Gasteiger partial charge on any atom is 0.298 e. The first kappa shape index (κ1) is 14.8. The summed E-state index contributed by atoms with van der Waals surface area (Å²) in [5, 5.41) is 0. The summed E-state index contributed by atoms with van der Waals surface area (Å²) in [6.45, 7) is 3.12. The van der Waals surface area contributed by atoms with Gasteiger partial charge >= 0.3 is 0 Å². The first-order chi connectivity index (χ1) is 11.7. The van der Waals surface area contributed by atoms with Crippen LogP contribution < -0.4 is 14.5 Å². The Labute approximate surface area is 139 Å². The lowest BCUT2D eigenvalue weighted by Gasteiger charge is -2.35. The molecule has 5 nitrogen and oxygen atoms in total. The molecular formula is C18H18FN3O2. The van der Waals surface area contributed by atoms with Gasteiger partial charge in [-0.2, -0.15) is 4.98 Å². The molecule has 0 radical (unpaired) electrons. The van der Waals surface area contributed by atoms with E-state index in [9.17, 15) is 4.39 Å². The van der Waals surface area contributed by atoms with E-state index in [0.29, 0.717) is 6.01 Å². The predicted molar refractivity (Wildman–Crippen MR) is 91.4 cm³/mol. The van der Waals surface area contributed by atoms with Gasteiger partial charge in [-0.25, -0.2) is 4.39 Å². The molecule has 1 aliphatic heterocycles. The number of nitrogens with zero attached hydrogens (tertiary/aromatic N) is 3. The van der Waals surface area contributed by atoms with Gasteiger partial charge in [-0.3, -0.25) is 0 Å². The van der Waals surface area contributed by atoms with Crippen LogP contribution in [-0.2, 0) is 0 Å². The van der Waals surface area contributed by atoms with Gasteiger partial charge in [-0.15, -0.1) is 0 Å². The second-order valence-corrected chi connectivity index (χ2v) is 5.76. The number of ether oxygens (including phenoxy) is 1. The molecule has 24 heavy (non-hydrogen) atoms. The third-order valence-corrected chi connectivity index (χ3v) is 4.33. The van der Waals surface area contributed by atoms with Gasteiger partial charge in [-0.05, 0) is 24.3 Å². The number of aromatic nitrogens is 1. The molecule has 0 unspecified atom stereocenters. The van der Waals surface area contributed by atoms with Crippen LogP contribution in [0.2, 0.25) is 0 Å². The van der Waals surface area contributed by atoms with Crippen molar-refractivity contribution in [3.63, 3.8) is 0 Å². The largest absolute Gasteiger partial charge is 0.494 e. The lowest BCUT2D eigenvalue weighted by atomic mass is 10.2. The summed E-state index contributed by atoms with van der Waals surface area (Å²) in [5.41, 5.74) is 2.53. The van der Waals surface area contributed by atoms with Crippen LogP contribution in [-0.4, -0.2) is 38.3 Å². The summed E-state index contributed by atoms with van der Waals surface area (Å²) in [6.07, 6.45) is 0.